The number of rotatable bonds is 75. The molecule has 0 spiro atoms. The lowest BCUT2D eigenvalue weighted by molar-refractivity contribution is -0.161. The summed E-state index contributed by atoms with van der Waals surface area (Å²) < 4.78 is 68.6. The maximum absolute atomic E-state index is 13.1. The van der Waals surface area contributed by atoms with Gasteiger partial charge in [-0.25, -0.2) is 9.13 Å². The van der Waals surface area contributed by atoms with E-state index in [2.05, 4.69) is 55.4 Å². The first-order valence-corrected chi connectivity index (χ1v) is 43.2. The first-order chi connectivity index (χ1) is 46.6. The lowest BCUT2D eigenvalue weighted by Gasteiger charge is -2.21. The lowest BCUT2D eigenvalue weighted by Crippen LogP contribution is -2.30. The summed E-state index contributed by atoms with van der Waals surface area (Å²) in [5.41, 5.74) is 0. The smallest absolute Gasteiger partial charge is 0.462 e. The zero-order valence-electron chi connectivity index (χ0n) is 63.7. The zero-order valence-corrected chi connectivity index (χ0v) is 65.5. The minimum Gasteiger partial charge on any atom is -0.462 e. The predicted octanol–water partition coefficient (Wildman–Crippen LogP) is 22.8. The number of hydrogen-bond acceptors (Lipinski definition) is 15. The van der Waals surface area contributed by atoms with Crippen LogP contribution >= 0.6 is 15.6 Å². The van der Waals surface area contributed by atoms with E-state index in [-0.39, 0.29) is 25.7 Å². The Balaban J connectivity index is 5.28. The van der Waals surface area contributed by atoms with E-state index in [1.165, 1.54) is 199 Å². The summed E-state index contributed by atoms with van der Waals surface area (Å²) in [5.74, 6) is 0.962. The first-order valence-electron chi connectivity index (χ1n) is 40.2. The predicted molar refractivity (Wildman–Crippen MR) is 395 cm³/mol. The van der Waals surface area contributed by atoms with Crippen molar-refractivity contribution < 1.29 is 80.2 Å². The van der Waals surface area contributed by atoms with E-state index in [4.69, 9.17) is 37.0 Å². The van der Waals surface area contributed by atoms with Crippen LogP contribution in [0.15, 0.2) is 0 Å². The fraction of sp³-hybridized carbons (Fsp3) is 0.949. The van der Waals surface area contributed by atoms with Gasteiger partial charge < -0.3 is 33.8 Å². The van der Waals surface area contributed by atoms with E-state index in [0.29, 0.717) is 25.7 Å². The van der Waals surface area contributed by atoms with E-state index >= 15 is 0 Å². The highest BCUT2D eigenvalue weighted by atomic mass is 31.2. The van der Waals surface area contributed by atoms with Crippen molar-refractivity contribution in [2.75, 3.05) is 39.6 Å². The van der Waals surface area contributed by atoms with E-state index < -0.39 is 97.5 Å². The second kappa shape index (κ2) is 67.2. The molecule has 0 bridgehead atoms. The summed E-state index contributed by atoms with van der Waals surface area (Å²) in [4.78, 5) is 72.9. The zero-order chi connectivity index (χ0) is 71.7. The number of aliphatic hydroxyl groups is 1. The molecule has 0 aliphatic carbocycles. The largest absolute Gasteiger partial charge is 0.472 e. The van der Waals surface area contributed by atoms with Crippen LogP contribution in [-0.4, -0.2) is 96.7 Å². The van der Waals surface area contributed by atoms with Crippen molar-refractivity contribution in [3.8, 4) is 0 Å². The molecule has 0 fully saturated rings. The molecule has 3 N–H and O–H groups in total. The highest BCUT2D eigenvalue weighted by Gasteiger charge is 2.30. The Morgan fingerprint density at radius 3 is 0.639 bits per heavy atom. The van der Waals surface area contributed by atoms with Gasteiger partial charge in [-0.3, -0.25) is 37.3 Å². The maximum Gasteiger partial charge on any atom is 0.472 e. The summed E-state index contributed by atoms with van der Waals surface area (Å²) in [5, 5.41) is 10.6. The van der Waals surface area contributed by atoms with Crippen LogP contribution in [0.4, 0.5) is 0 Å². The standard InChI is InChI=1S/C78H152O17P2/c1-68(2)54-46-38-30-22-14-10-9-11-17-28-36-44-52-60-77(82)94-73(64-88-75(80)58-50-42-34-26-16-13-12-15-23-31-39-47-55-69(3)4)66-92-96(84,85)90-62-72(79)63-91-97(86,87)93-67-74(95-78(83)61-53-45-37-29-21-19-25-33-41-49-57-71(7)8)65-89-76(81)59-51-43-35-27-20-18-24-32-40-48-56-70(5)6/h68-74,79H,9-67H2,1-8H3,(H,84,85)(H,86,87)/t72-,73-,74-/m1/s1. The number of phosphoric acid groups is 2. The molecule has 0 saturated carbocycles. The van der Waals surface area contributed by atoms with Gasteiger partial charge in [0.05, 0.1) is 26.4 Å². The fourth-order valence-corrected chi connectivity index (χ4v) is 13.5. The van der Waals surface area contributed by atoms with Gasteiger partial charge in [0.2, 0.25) is 0 Å². The Hall–Kier alpha value is -1.94. The SMILES string of the molecule is CC(C)CCCCCCCCCCCCCCCC(=O)O[C@H](COC(=O)CCCCCCCCCCCCCCC(C)C)COP(=O)(O)OC[C@@H](O)COP(=O)(O)OC[C@@H](COC(=O)CCCCCCCCCCCCC(C)C)OC(=O)CCCCCCCCCCCCC(C)C. The van der Waals surface area contributed by atoms with Crippen molar-refractivity contribution in [1.82, 2.24) is 0 Å². The Morgan fingerprint density at radius 2 is 0.433 bits per heavy atom. The van der Waals surface area contributed by atoms with Gasteiger partial charge in [-0.1, -0.05) is 344 Å². The van der Waals surface area contributed by atoms with Crippen molar-refractivity contribution in [2.24, 2.45) is 23.7 Å². The molecular formula is C78H152O17P2. The van der Waals surface area contributed by atoms with Gasteiger partial charge in [-0.15, -0.1) is 0 Å². The molecule has 19 heteroatoms. The number of carbonyl (C=O) groups is 4. The number of aliphatic hydroxyl groups excluding tert-OH is 1. The Bertz CT molecular complexity index is 1900. The van der Waals surface area contributed by atoms with Crippen LogP contribution in [0.3, 0.4) is 0 Å². The van der Waals surface area contributed by atoms with Crippen LogP contribution in [0.2, 0.25) is 0 Å². The average Bonchev–Trinajstić information content (AvgIpc) is 1.09. The summed E-state index contributed by atoms with van der Waals surface area (Å²) in [6, 6.07) is 0. The Kier molecular flexibility index (Phi) is 65.9. The third-order valence-corrected chi connectivity index (χ3v) is 20.0. The van der Waals surface area contributed by atoms with Gasteiger partial charge in [0.1, 0.15) is 19.3 Å². The van der Waals surface area contributed by atoms with E-state index in [0.717, 1.165) is 114 Å². The lowest BCUT2D eigenvalue weighted by atomic mass is 10.0. The van der Waals surface area contributed by atoms with Crippen molar-refractivity contribution >= 4 is 39.5 Å². The third-order valence-electron chi connectivity index (χ3n) is 18.1. The molecular weight excluding hydrogens is 1270 g/mol. The Labute approximate surface area is 594 Å². The fourth-order valence-electron chi connectivity index (χ4n) is 11.9. The minimum absolute atomic E-state index is 0.105. The highest BCUT2D eigenvalue weighted by molar-refractivity contribution is 7.47. The van der Waals surface area contributed by atoms with E-state index in [9.17, 15) is 43.2 Å². The summed E-state index contributed by atoms with van der Waals surface area (Å²) in [7, 11) is -9.92. The number of hydrogen-bond donors (Lipinski definition) is 3. The number of carbonyl (C=O) groups excluding carboxylic acids is 4. The summed E-state index contributed by atoms with van der Waals surface area (Å²) >= 11 is 0. The number of ether oxygens (including phenoxy) is 4. The molecule has 0 heterocycles. The van der Waals surface area contributed by atoms with Crippen LogP contribution in [0.25, 0.3) is 0 Å². The molecule has 17 nitrogen and oxygen atoms in total. The molecule has 0 aliphatic rings. The maximum atomic E-state index is 13.1. The quantitative estimate of drug-likeness (QED) is 0.0222. The topological polar surface area (TPSA) is 237 Å². The van der Waals surface area contributed by atoms with Crippen LogP contribution < -0.4 is 0 Å². The molecule has 0 aromatic carbocycles. The van der Waals surface area contributed by atoms with Crippen molar-refractivity contribution in [3.63, 3.8) is 0 Å². The highest BCUT2D eigenvalue weighted by Crippen LogP contribution is 2.45. The van der Waals surface area contributed by atoms with Crippen LogP contribution in [0.1, 0.15) is 396 Å². The molecule has 0 rings (SSSR count). The van der Waals surface area contributed by atoms with Gasteiger partial charge in [-0.2, -0.15) is 0 Å². The average molecular weight is 1420 g/mol. The molecule has 97 heavy (non-hydrogen) atoms. The molecule has 0 aromatic rings. The molecule has 0 saturated heterocycles. The second-order valence-corrected chi connectivity index (χ2v) is 32.9. The molecule has 2 unspecified atom stereocenters. The van der Waals surface area contributed by atoms with Gasteiger partial charge in [0.15, 0.2) is 12.2 Å². The number of unbranched alkanes of at least 4 members (excludes halogenated alkanes) is 41. The second-order valence-electron chi connectivity index (χ2n) is 30.0. The molecule has 5 atom stereocenters. The van der Waals surface area contributed by atoms with E-state index in [1.54, 1.807) is 0 Å². The molecule has 0 radical (unpaired) electrons. The van der Waals surface area contributed by atoms with Gasteiger partial charge >= 0.3 is 39.5 Å². The monoisotopic (exact) mass is 1420 g/mol. The number of esters is 4. The first kappa shape index (κ1) is 95.1. The van der Waals surface area contributed by atoms with Crippen LogP contribution in [-0.2, 0) is 65.4 Å². The third kappa shape index (κ3) is 72.2. The van der Waals surface area contributed by atoms with Gasteiger partial charge in [-0.05, 0) is 49.4 Å². The van der Waals surface area contributed by atoms with Crippen LogP contribution in [0.5, 0.6) is 0 Å². The molecule has 0 aliphatic heterocycles. The normalized spacial score (nSPS) is 14.1. The Morgan fingerprint density at radius 1 is 0.258 bits per heavy atom. The van der Waals surface area contributed by atoms with Crippen molar-refractivity contribution in [1.29, 1.82) is 0 Å². The van der Waals surface area contributed by atoms with Crippen molar-refractivity contribution in [2.45, 2.75) is 414 Å². The van der Waals surface area contributed by atoms with E-state index in [1.807, 2.05) is 0 Å². The molecule has 0 amide bonds. The van der Waals surface area contributed by atoms with Crippen LogP contribution in [0, 0.1) is 23.7 Å². The number of phosphoric ester groups is 2. The summed E-state index contributed by atoms with van der Waals surface area (Å²) in [6.45, 7) is 14.2. The summed E-state index contributed by atoms with van der Waals surface area (Å²) in [6.07, 6.45) is 52.6. The molecule has 576 valence electrons. The minimum atomic E-state index is -4.96. The van der Waals surface area contributed by atoms with Crippen molar-refractivity contribution in [3.05, 3.63) is 0 Å². The molecule has 0 aromatic heterocycles. The van der Waals surface area contributed by atoms with Gasteiger partial charge in [0, 0.05) is 25.7 Å². The van der Waals surface area contributed by atoms with Gasteiger partial charge in [0.25, 0.3) is 0 Å².